The van der Waals surface area contributed by atoms with Crippen LogP contribution in [0.4, 0.5) is 5.69 Å². The van der Waals surface area contributed by atoms with Crippen LogP contribution in [0, 0.1) is 0 Å². The van der Waals surface area contributed by atoms with Gasteiger partial charge in [-0.15, -0.1) is 11.3 Å². The number of anilines is 1. The molecule has 7 heteroatoms. The minimum absolute atomic E-state index is 0.426. The Hall–Kier alpha value is -1.21. The van der Waals surface area contributed by atoms with E-state index >= 15 is 0 Å². The van der Waals surface area contributed by atoms with Crippen molar-refractivity contribution in [3.8, 4) is 0 Å². The average molecular weight is 401 g/mol. The molecule has 1 atom stereocenters. The third-order valence-corrected chi connectivity index (χ3v) is 5.34. The number of amides is 1. The van der Waals surface area contributed by atoms with Crippen molar-refractivity contribution in [2.75, 3.05) is 18.6 Å². The summed E-state index contributed by atoms with van der Waals surface area (Å²) in [5.74, 6) is -0.909. The summed E-state index contributed by atoms with van der Waals surface area (Å²) in [6.07, 6.45) is 0. The van der Waals surface area contributed by atoms with Gasteiger partial charge in [0.05, 0.1) is 27.5 Å². The molecule has 3 rings (SSSR count). The summed E-state index contributed by atoms with van der Waals surface area (Å²) in [6.45, 7) is 1.17. The van der Waals surface area contributed by atoms with Crippen molar-refractivity contribution < 1.29 is 14.5 Å². The number of halogens is 2. The lowest BCUT2D eigenvalue weighted by molar-refractivity contribution is -0.892. The summed E-state index contributed by atoms with van der Waals surface area (Å²) in [7, 11) is 1.99. The van der Waals surface area contributed by atoms with Gasteiger partial charge >= 0.3 is 5.91 Å². The van der Waals surface area contributed by atoms with Gasteiger partial charge in [0.15, 0.2) is 6.67 Å². The quantitative estimate of drug-likeness (QED) is 0.801. The molecule has 0 saturated carbocycles. The molecule has 2 aromatic rings. The Morgan fingerprint density at radius 2 is 2.05 bits per heavy atom. The molecule has 22 heavy (non-hydrogen) atoms. The molecule has 2 heterocycles. The summed E-state index contributed by atoms with van der Waals surface area (Å²) >= 11 is 10.9. The fourth-order valence-corrected chi connectivity index (χ4v) is 4.31. The van der Waals surface area contributed by atoms with E-state index in [2.05, 4.69) is 15.9 Å². The summed E-state index contributed by atoms with van der Waals surface area (Å²) in [6, 6.07) is 9.14. The third kappa shape index (κ3) is 2.84. The molecule has 0 radical (unpaired) electrons. The summed E-state index contributed by atoms with van der Waals surface area (Å²) in [5.41, 5.74) is 1.13. The second-order valence-electron chi connectivity index (χ2n) is 5.20. The Morgan fingerprint density at radius 1 is 1.27 bits per heavy atom. The minimum atomic E-state index is -0.467. The highest BCUT2D eigenvalue weighted by atomic mass is 79.9. The SMILES string of the molecule is C[NH+](Cc1ccc(Cl)s1)CN1C(=O)C(=O)c2cccc(Br)c21. The second-order valence-corrected chi connectivity index (χ2v) is 7.85. The first kappa shape index (κ1) is 15.7. The number of carbonyl (C=O) groups is 2. The van der Waals surface area contributed by atoms with Gasteiger partial charge in [0, 0.05) is 4.47 Å². The molecule has 1 unspecified atom stereocenters. The number of nitrogens with zero attached hydrogens (tertiary/aromatic N) is 1. The van der Waals surface area contributed by atoms with Crippen molar-refractivity contribution in [2.24, 2.45) is 0 Å². The van der Waals surface area contributed by atoms with Crippen LogP contribution in [0.5, 0.6) is 0 Å². The number of carbonyl (C=O) groups excluding carboxylic acids is 2. The highest BCUT2D eigenvalue weighted by Gasteiger charge is 2.38. The van der Waals surface area contributed by atoms with E-state index in [0.717, 1.165) is 25.1 Å². The number of rotatable bonds is 4. The lowest BCUT2D eigenvalue weighted by Crippen LogP contribution is -3.09. The summed E-state index contributed by atoms with van der Waals surface area (Å²) in [4.78, 5) is 28.1. The van der Waals surface area contributed by atoms with Crippen LogP contribution in [0.15, 0.2) is 34.8 Å². The highest BCUT2D eigenvalue weighted by Crippen LogP contribution is 2.35. The Morgan fingerprint density at radius 3 is 2.73 bits per heavy atom. The van der Waals surface area contributed by atoms with Gasteiger partial charge in [0.1, 0.15) is 6.54 Å². The van der Waals surface area contributed by atoms with E-state index in [1.807, 2.05) is 25.2 Å². The van der Waals surface area contributed by atoms with E-state index in [9.17, 15) is 9.59 Å². The number of benzene rings is 1. The van der Waals surface area contributed by atoms with Gasteiger partial charge in [-0.2, -0.15) is 0 Å². The predicted octanol–water partition coefficient (Wildman–Crippen LogP) is 2.37. The molecule has 0 bridgehead atoms. The first-order valence-corrected chi connectivity index (χ1v) is 8.66. The number of ketones is 1. The number of nitrogens with one attached hydrogen (secondary N) is 1. The van der Waals surface area contributed by atoms with Crippen molar-refractivity contribution in [3.63, 3.8) is 0 Å². The second kappa shape index (κ2) is 6.12. The fourth-order valence-electron chi connectivity index (χ4n) is 2.53. The summed E-state index contributed by atoms with van der Waals surface area (Å²) in [5, 5.41) is 0. The molecule has 0 aliphatic carbocycles. The van der Waals surface area contributed by atoms with Gasteiger partial charge in [0.25, 0.3) is 5.78 Å². The molecule has 1 aliphatic heterocycles. The van der Waals surface area contributed by atoms with Crippen molar-refractivity contribution in [1.29, 1.82) is 0 Å². The molecule has 1 N–H and O–H groups in total. The first-order valence-electron chi connectivity index (χ1n) is 6.67. The van der Waals surface area contributed by atoms with Crippen molar-refractivity contribution >= 4 is 56.2 Å². The van der Waals surface area contributed by atoms with Crippen LogP contribution in [-0.2, 0) is 11.3 Å². The van der Waals surface area contributed by atoms with Crippen LogP contribution in [0.1, 0.15) is 15.2 Å². The van der Waals surface area contributed by atoms with Gasteiger partial charge < -0.3 is 4.90 Å². The number of thiophene rings is 1. The lowest BCUT2D eigenvalue weighted by Gasteiger charge is -2.22. The number of fused-ring (bicyclic) bond motifs is 1. The third-order valence-electron chi connectivity index (χ3n) is 3.47. The maximum Gasteiger partial charge on any atom is 0.303 e. The maximum atomic E-state index is 12.2. The molecular weight excluding hydrogens is 388 g/mol. The number of hydrogen-bond donors (Lipinski definition) is 1. The van der Waals surface area contributed by atoms with E-state index in [4.69, 9.17) is 11.6 Å². The molecule has 0 saturated heterocycles. The molecule has 1 amide bonds. The first-order chi connectivity index (χ1) is 10.5. The van der Waals surface area contributed by atoms with Gasteiger partial charge in [-0.25, -0.2) is 0 Å². The Balaban J connectivity index is 1.81. The standard InChI is InChI=1S/C15H12BrClN2O2S/c1-18(7-9-5-6-12(17)22-9)8-19-13-10(14(20)15(19)21)3-2-4-11(13)16/h2-6H,7-8H2,1H3/p+1. The average Bonchev–Trinajstić information content (AvgIpc) is 2.97. The zero-order valence-corrected chi connectivity index (χ0v) is 14.9. The number of para-hydroxylation sites is 1. The van der Waals surface area contributed by atoms with Crippen molar-refractivity contribution in [3.05, 3.63) is 49.6 Å². The van der Waals surface area contributed by atoms with E-state index in [0.29, 0.717) is 17.9 Å². The Bertz CT molecular complexity index is 762. The van der Waals surface area contributed by atoms with Crippen LogP contribution >= 0.6 is 38.9 Å². The van der Waals surface area contributed by atoms with Crippen molar-refractivity contribution in [1.82, 2.24) is 0 Å². The maximum absolute atomic E-state index is 12.2. The monoisotopic (exact) mass is 399 g/mol. The topological polar surface area (TPSA) is 41.8 Å². The number of quaternary nitrogens is 1. The molecule has 0 fully saturated rings. The van der Waals surface area contributed by atoms with Crippen molar-refractivity contribution in [2.45, 2.75) is 6.54 Å². The number of hydrogen-bond acceptors (Lipinski definition) is 3. The number of Topliss-reactive ketones (excluding diaryl/α,β-unsaturated/α-hetero) is 1. The minimum Gasteiger partial charge on any atom is -0.315 e. The fraction of sp³-hybridized carbons (Fsp3) is 0.200. The molecule has 4 nitrogen and oxygen atoms in total. The molecule has 0 spiro atoms. The van der Waals surface area contributed by atoms with Crippen LogP contribution in [0.25, 0.3) is 0 Å². The Kier molecular flexibility index (Phi) is 4.36. The van der Waals surface area contributed by atoms with Crippen LogP contribution < -0.4 is 9.80 Å². The van der Waals surface area contributed by atoms with E-state index in [1.165, 1.54) is 11.3 Å². The molecule has 114 valence electrons. The van der Waals surface area contributed by atoms with E-state index in [-0.39, 0.29) is 0 Å². The zero-order chi connectivity index (χ0) is 15.9. The zero-order valence-electron chi connectivity index (χ0n) is 11.7. The van der Waals surface area contributed by atoms with Crippen LogP contribution in [0.2, 0.25) is 4.34 Å². The lowest BCUT2D eigenvalue weighted by atomic mass is 10.1. The Labute approximate surface area is 145 Å². The van der Waals surface area contributed by atoms with Gasteiger partial charge in [0.2, 0.25) is 0 Å². The summed E-state index contributed by atoms with van der Waals surface area (Å²) < 4.78 is 1.51. The smallest absolute Gasteiger partial charge is 0.303 e. The molecular formula is C15H13BrClN2O2S+. The van der Waals surface area contributed by atoms with E-state index in [1.54, 1.807) is 17.0 Å². The normalized spacial score (nSPS) is 15.3. The largest absolute Gasteiger partial charge is 0.315 e. The van der Waals surface area contributed by atoms with Gasteiger partial charge in [-0.3, -0.25) is 14.5 Å². The molecule has 1 aromatic heterocycles. The molecule has 1 aromatic carbocycles. The predicted molar refractivity (Wildman–Crippen MR) is 90.7 cm³/mol. The molecule has 1 aliphatic rings. The van der Waals surface area contributed by atoms with Gasteiger partial charge in [-0.05, 0) is 40.2 Å². The van der Waals surface area contributed by atoms with Crippen LogP contribution in [0.3, 0.4) is 0 Å². The van der Waals surface area contributed by atoms with Gasteiger partial charge in [-0.1, -0.05) is 17.7 Å². The highest BCUT2D eigenvalue weighted by molar-refractivity contribution is 9.10. The van der Waals surface area contributed by atoms with Crippen LogP contribution in [-0.4, -0.2) is 25.4 Å². The van der Waals surface area contributed by atoms with E-state index < -0.39 is 11.7 Å².